The molecule has 0 radical (unpaired) electrons. The molecular weight excluding hydrogens is 335 g/mol. The van der Waals surface area contributed by atoms with Gasteiger partial charge in [-0.25, -0.2) is 9.97 Å². The van der Waals surface area contributed by atoms with E-state index in [-0.39, 0.29) is 0 Å². The first-order chi connectivity index (χ1) is 7.48. The first-order valence-corrected chi connectivity index (χ1v) is 7.11. The lowest BCUT2D eigenvalue weighted by Gasteiger charge is -2.33. The predicted octanol–water partition coefficient (Wildman–Crippen LogP) is 4.42. The Morgan fingerprint density at radius 3 is 2.56 bits per heavy atom. The minimum Gasteiger partial charge on any atom is -0.240 e. The van der Waals surface area contributed by atoms with Crippen molar-refractivity contribution in [2.75, 3.05) is 0 Å². The molecular formula is C12H16ClIN2. The van der Waals surface area contributed by atoms with Crippen molar-refractivity contribution in [3.63, 3.8) is 0 Å². The van der Waals surface area contributed by atoms with Crippen molar-refractivity contribution in [3.05, 3.63) is 20.7 Å². The van der Waals surface area contributed by atoms with Gasteiger partial charge in [0, 0.05) is 12.1 Å². The lowest BCUT2D eigenvalue weighted by atomic mass is 9.73. The number of halogens is 2. The fraction of sp³-hybridized carbons (Fsp3) is 0.667. The lowest BCUT2D eigenvalue weighted by Crippen LogP contribution is -2.21. The number of hydrogen-bond donors (Lipinski definition) is 0. The summed E-state index contributed by atoms with van der Waals surface area (Å²) in [6.45, 7) is 4.68. The molecule has 1 fully saturated rings. The quantitative estimate of drug-likeness (QED) is 0.553. The summed E-state index contributed by atoms with van der Waals surface area (Å²) in [6, 6.07) is 0. The third-order valence-electron chi connectivity index (χ3n) is 3.42. The van der Waals surface area contributed by atoms with E-state index in [1.807, 2.05) is 6.20 Å². The second kappa shape index (κ2) is 4.77. The van der Waals surface area contributed by atoms with Crippen LogP contribution in [-0.2, 0) is 0 Å². The summed E-state index contributed by atoms with van der Waals surface area (Å²) < 4.78 is 0.930. The van der Waals surface area contributed by atoms with Crippen molar-refractivity contribution in [1.82, 2.24) is 9.97 Å². The zero-order chi connectivity index (χ0) is 11.8. The van der Waals surface area contributed by atoms with Crippen molar-refractivity contribution in [2.45, 2.75) is 45.4 Å². The summed E-state index contributed by atoms with van der Waals surface area (Å²) in [6.07, 6.45) is 6.70. The SMILES string of the molecule is CC1(C)CCC(c2ncc(I)c(Cl)n2)CC1. The first-order valence-electron chi connectivity index (χ1n) is 5.66. The van der Waals surface area contributed by atoms with Gasteiger partial charge in [-0.2, -0.15) is 0 Å². The third-order valence-corrected chi connectivity index (χ3v) is 4.82. The number of aromatic nitrogens is 2. The first kappa shape index (κ1) is 12.6. The molecule has 2 nitrogen and oxygen atoms in total. The highest BCUT2D eigenvalue weighted by molar-refractivity contribution is 14.1. The smallest absolute Gasteiger partial charge is 0.146 e. The molecule has 2 rings (SSSR count). The zero-order valence-electron chi connectivity index (χ0n) is 9.63. The molecule has 4 heteroatoms. The average molecular weight is 351 g/mol. The van der Waals surface area contributed by atoms with E-state index < -0.39 is 0 Å². The van der Waals surface area contributed by atoms with E-state index in [2.05, 4.69) is 46.4 Å². The van der Waals surface area contributed by atoms with Crippen molar-refractivity contribution in [1.29, 1.82) is 0 Å². The topological polar surface area (TPSA) is 25.8 Å². The molecule has 1 aromatic heterocycles. The maximum Gasteiger partial charge on any atom is 0.146 e. The van der Waals surface area contributed by atoms with E-state index in [1.165, 1.54) is 25.7 Å². The Bertz CT molecular complexity index is 383. The highest BCUT2D eigenvalue weighted by atomic mass is 127. The van der Waals surface area contributed by atoms with E-state index in [9.17, 15) is 0 Å². The summed E-state index contributed by atoms with van der Waals surface area (Å²) in [5, 5.41) is 0.593. The van der Waals surface area contributed by atoms with E-state index in [0.717, 1.165) is 9.39 Å². The van der Waals surface area contributed by atoms with Crippen LogP contribution in [0, 0.1) is 8.99 Å². The molecule has 1 heterocycles. The van der Waals surface area contributed by atoms with Gasteiger partial charge in [0.2, 0.25) is 0 Å². The second-order valence-electron chi connectivity index (χ2n) is 5.31. The number of nitrogens with zero attached hydrogens (tertiary/aromatic N) is 2. The van der Waals surface area contributed by atoms with Crippen LogP contribution in [-0.4, -0.2) is 9.97 Å². The Balaban J connectivity index is 2.11. The normalized spacial score (nSPS) is 21.0. The molecule has 16 heavy (non-hydrogen) atoms. The largest absolute Gasteiger partial charge is 0.240 e. The van der Waals surface area contributed by atoms with Crippen LogP contribution in [0.25, 0.3) is 0 Å². The second-order valence-corrected chi connectivity index (χ2v) is 6.83. The summed E-state index contributed by atoms with van der Waals surface area (Å²) in [4.78, 5) is 8.80. The zero-order valence-corrected chi connectivity index (χ0v) is 12.5. The van der Waals surface area contributed by atoms with Gasteiger partial charge in [-0.3, -0.25) is 0 Å². The maximum atomic E-state index is 6.03. The summed E-state index contributed by atoms with van der Waals surface area (Å²) >= 11 is 8.19. The minimum atomic E-state index is 0.490. The molecule has 1 aromatic rings. The molecule has 1 aliphatic rings. The highest BCUT2D eigenvalue weighted by Gasteiger charge is 2.29. The molecule has 0 aromatic carbocycles. The highest BCUT2D eigenvalue weighted by Crippen LogP contribution is 2.41. The van der Waals surface area contributed by atoms with Gasteiger partial charge in [-0.15, -0.1) is 0 Å². The minimum absolute atomic E-state index is 0.490. The lowest BCUT2D eigenvalue weighted by molar-refractivity contribution is 0.220. The number of rotatable bonds is 1. The van der Waals surface area contributed by atoms with Crippen LogP contribution in [0.1, 0.15) is 51.3 Å². The molecule has 0 unspecified atom stereocenters. The van der Waals surface area contributed by atoms with Crippen LogP contribution in [0.4, 0.5) is 0 Å². The van der Waals surface area contributed by atoms with Gasteiger partial charge in [0.05, 0.1) is 3.57 Å². The van der Waals surface area contributed by atoms with Crippen molar-refractivity contribution in [3.8, 4) is 0 Å². The Morgan fingerprint density at radius 2 is 2.00 bits per heavy atom. The van der Waals surface area contributed by atoms with Crippen LogP contribution >= 0.6 is 34.2 Å². The molecule has 0 aliphatic heterocycles. The van der Waals surface area contributed by atoms with E-state index in [0.29, 0.717) is 16.5 Å². The Labute approximate surface area is 115 Å². The molecule has 0 bridgehead atoms. The molecule has 1 aliphatic carbocycles. The van der Waals surface area contributed by atoms with Gasteiger partial charge in [0.25, 0.3) is 0 Å². The Morgan fingerprint density at radius 1 is 1.38 bits per heavy atom. The molecule has 1 saturated carbocycles. The van der Waals surface area contributed by atoms with Gasteiger partial charge in [-0.05, 0) is 53.7 Å². The van der Waals surface area contributed by atoms with E-state index in [1.54, 1.807) is 0 Å². The van der Waals surface area contributed by atoms with Gasteiger partial charge >= 0.3 is 0 Å². The monoisotopic (exact) mass is 350 g/mol. The molecule has 0 amide bonds. The van der Waals surface area contributed by atoms with Gasteiger partial charge in [0.1, 0.15) is 11.0 Å². The molecule has 88 valence electrons. The number of hydrogen-bond acceptors (Lipinski definition) is 2. The third kappa shape index (κ3) is 2.86. The van der Waals surface area contributed by atoms with Crippen LogP contribution < -0.4 is 0 Å². The van der Waals surface area contributed by atoms with Crippen LogP contribution in [0.3, 0.4) is 0 Å². The van der Waals surface area contributed by atoms with Gasteiger partial charge in [0.15, 0.2) is 0 Å². The standard InChI is InChI=1S/C12H16ClIN2/c1-12(2)5-3-8(4-6-12)11-15-7-9(14)10(13)16-11/h7-8H,3-6H2,1-2H3. The van der Waals surface area contributed by atoms with E-state index >= 15 is 0 Å². The van der Waals surface area contributed by atoms with Crippen LogP contribution in [0.5, 0.6) is 0 Å². The van der Waals surface area contributed by atoms with Crippen LogP contribution in [0.2, 0.25) is 5.15 Å². The van der Waals surface area contributed by atoms with E-state index in [4.69, 9.17) is 11.6 Å². The van der Waals surface area contributed by atoms with Crippen molar-refractivity contribution >= 4 is 34.2 Å². The van der Waals surface area contributed by atoms with Crippen molar-refractivity contribution in [2.24, 2.45) is 5.41 Å². The molecule has 0 N–H and O–H groups in total. The fourth-order valence-electron chi connectivity index (χ4n) is 2.21. The predicted molar refractivity (Wildman–Crippen MR) is 74.7 cm³/mol. The van der Waals surface area contributed by atoms with Gasteiger partial charge in [-0.1, -0.05) is 25.4 Å². The Hall–Kier alpha value is 0.1000. The summed E-state index contributed by atoms with van der Waals surface area (Å²) in [5.41, 5.74) is 0.490. The Kier molecular flexibility index (Phi) is 3.74. The molecule has 0 saturated heterocycles. The molecule has 0 spiro atoms. The average Bonchev–Trinajstić information content (AvgIpc) is 2.22. The van der Waals surface area contributed by atoms with Gasteiger partial charge < -0.3 is 0 Å². The summed E-state index contributed by atoms with van der Waals surface area (Å²) in [7, 11) is 0. The van der Waals surface area contributed by atoms with Crippen LogP contribution in [0.15, 0.2) is 6.20 Å². The molecule has 0 atom stereocenters. The van der Waals surface area contributed by atoms with Crippen molar-refractivity contribution < 1.29 is 0 Å². The summed E-state index contributed by atoms with van der Waals surface area (Å²) in [5.74, 6) is 1.43. The maximum absolute atomic E-state index is 6.03. The fourth-order valence-corrected chi connectivity index (χ4v) is 2.61.